The zero-order valence-corrected chi connectivity index (χ0v) is 14.9. The largest absolute Gasteiger partial charge is 0.439 e. The quantitative estimate of drug-likeness (QED) is 0.529. The molecule has 1 amide bonds. The Balaban J connectivity index is 1.86. The lowest BCUT2D eigenvalue weighted by molar-refractivity contribution is -0.383. The minimum atomic E-state index is -3.92. The van der Waals surface area contributed by atoms with Gasteiger partial charge < -0.3 is 9.73 Å². The second-order valence-corrected chi connectivity index (χ2v) is 7.54. The highest BCUT2D eigenvalue weighted by Crippen LogP contribution is 2.26. The van der Waals surface area contributed by atoms with E-state index in [0.29, 0.717) is 0 Å². The van der Waals surface area contributed by atoms with Gasteiger partial charge in [0.2, 0.25) is 14.9 Å². The molecule has 0 radical (unpaired) electrons. The predicted octanol–water partition coefficient (Wildman–Crippen LogP) is 3.58. The first-order valence-electron chi connectivity index (χ1n) is 7.75. The maximum absolute atomic E-state index is 12.6. The van der Waals surface area contributed by atoms with Crippen molar-refractivity contribution in [3.05, 3.63) is 82.1 Å². The molecule has 1 aromatic heterocycles. The van der Waals surface area contributed by atoms with Crippen LogP contribution in [0.2, 0.25) is 0 Å². The van der Waals surface area contributed by atoms with Crippen LogP contribution >= 0.6 is 0 Å². The van der Waals surface area contributed by atoms with Crippen LogP contribution in [0, 0.1) is 17.0 Å². The number of furan rings is 1. The summed E-state index contributed by atoms with van der Waals surface area (Å²) in [7, 11) is -3.92. The smallest absolute Gasteiger partial charge is 0.292 e. The van der Waals surface area contributed by atoms with Crippen LogP contribution < -0.4 is 5.32 Å². The van der Waals surface area contributed by atoms with Gasteiger partial charge in [-0.05, 0) is 37.3 Å². The number of hydrogen-bond donors (Lipinski definition) is 1. The predicted molar refractivity (Wildman–Crippen MR) is 96.4 cm³/mol. The lowest BCUT2D eigenvalue weighted by Gasteiger charge is -2.04. The molecule has 138 valence electrons. The van der Waals surface area contributed by atoms with E-state index in [1.807, 2.05) is 6.92 Å². The Bertz CT molecular complexity index is 1120. The molecule has 0 saturated heterocycles. The van der Waals surface area contributed by atoms with Gasteiger partial charge in [0.15, 0.2) is 5.76 Å². The van der Waals surface area contributed by atoms with Crippen molar-refractivity contribution in [2.75, 3.05) is 5.32 Å². The molecule has 0 fully saturated rings. The summed E-state index contributed by atoms with van der Waals surface area (Å²) in [5.74, 6) is -1.08. The number of carbonyl (C=O) groups excluding carboxylic acids is 1. The van der Waals surface area contributed by atoms with Gasteiger partial charge in [0.1, 0.15) is 5.69 Å². The Labute approximate surface area is 154 Å². The lowest BCUT2D eigenvalue weighted by atomic mass is 10.2. The fourth-order valence-corrected chi connectivity index (χ4v) is 3.52. The maximum Gasteiger partial charge on any atom is 0.292 e. The van der Waals surface area contributed by atoms with Gasteiger partial charge in [-0.2, -0.15) is 0 Å². The van der Waals surface area contributed by atoms with Crippen molar-refractivity contribution in [1.82, 2.24) is 0 Å². The minimum Gasteiger partial charge on any atom is -0.439 e. The normalized spacial score (nSPS) is 11.1. The third kappa shape index (κ3) is 3.72. The molecule has 27 heavy (non-hydrogen) atoms. The topological polar surface area (TPSA) is 120 Å². The van der Waals surface area contributed by atoms with E-state index in [1.54, 1.807) is 12.1 Å². The number of sulfone groups is 1. The fourth-order valence-electron chi connectivity index (χ4n) is 2.34. The zero-order valence-electron chi connectivity index (χ0n) is 14.1. The minimum absolute atomic E-state index is 0.0214. The van der Waals surface area contributed by atoms with Gasteiger partial charge in [0.05, 0.1) is 9.82 Å². The van der Waals surface area contributed by atoms with Crippen molar-refractivity contribution >= 4 is 27.1 Å². The molecule has 3 rings (SSSR count). The number of rotatable bonds is 5. The van der Waals surface area contributed by atoms with Crippen LogP contribution in [0.5, 0.6) is 0 Å². The van der Waals surface area contributed by atoms with E-state index in [9.17, 15) is 23.3 Å². The summed E-state index contributed by atoms with van der Waals surface area (Å²) in [4.78, 5) is 22.7. The number of carbonyl (C=O) groups is 1. The van der Waals surface area contributed by atoms with Crippen molar-refractivity contribution < 1.29 is 22.6 Å². The zero-order chi connectivity index (χ0) is 19.6. The van der Waals surface area contributed by atoms with Gasteiger partial charge in [0.25, 0.3) is 11.6 Å². The van der Waals surface area contributed by atoms with Gasteiger partial charge in [-0.25, -0.2) is 8.42 Å². The van der Waals surface area contributed by atoms with E-state index in [-0.39, 0.29) is 27.1 Å². The van der Waals surface area contributed by atoms with Gasteiger partial charge >= 0.3 is 0 Å². The number of nitro groups is 1. The second kappa shape index (κ2) is 7.04. The summed E-state index contributed by atoms with van der Waals surface area (Å²) in [6, 6.07) is 14.2. The average Bonchev–Trinajstić information content (AvgIpc) is 3.13. The lowest BCUT2D eigenvalue weighted by Crippen LogP contribution is -2.12. The number of para-hydroxylation sites is 2. The molecule has 2 aromatic carbocycles. The first-order valence-corrected chi connectivity index (χ1v) is 9.24. The molecular weight excluding hydrogens is 372 g/mol. The monoisotopic (exact) mass is 386 g/mol. The number of benzene rings is 2. The van der Waals surface area contributed by atoms with Crippen molar-refractivity contribution in [2.45, 2.75) is 16.9 Å². The Morgan fingerprint density at radius 2 is 1.70 bits per heavy atom. The highest BCUT2D eigenvalue weighted by atomic mass is 32.2. The summed E-state index contributed by atoms with van der Waals surface area (Å²) >= 11 is 0. The molecule has 0 aliphatic carbocycles. The fraction of sp³-hybridized carbons (Fsp3) is 0.0556. The number of hydrogen-bond acceptors (Lipinski definition) is 6. The number of amides is 1. The van der Waals surface area contributed by atoms with E-state index in [4.69, 9.17) is 4.42 Å². The van der Waals surface area contributed by atoms with Gasteiger partial charge in [-0.15, -0.1) is 0 Å². The number of nitrogens with one attached hydrogen (secondary N) is 1. The number of anilines is 1. The summed E-state index contributed by atoms with van der Waals surface area (Å²) in [6.07, 6.45) is 0. The maximum atomic E-state index is 12.6. The highest BCUT2D eigenvalue weighted by molar-refractivity contribution is 7.91. The molecule has 8 nitrogen and oxygen atoms in total. The van der Waals surface area contributed by atoms with E-state index in [2.05, 4.69) is 5.32 Å². The molecule has 1 heterocycles. The van der Waals surface area contributed by atoms with Crippen LogP contribution in [0.25, 0.3) is 0 Å². The van der Waals surface area contributed by atoms with Crippen LogP contribution in [-0.2, 0) is 9.84 Å². The van der Waals surface area contributed by atoms with Gasteiger partial charge in [-0.3, -0.25) is 14.9 Å². The van der Waals surface area contributed by atoms with Crippen LogP contribution in [-0.4, -0.2) is 19.2 Å². The highest BCUT2D eigenvalue weighted by Gasteiger charge is 2.24. The molecule has 9 heteroatoms. The molecule has 0 bridgehead atoms. The Hall–Kier alpha value is -3.46. The summed E-state index contributed by atoms with van der Waals surface area (Å²) in [6.45, 7) is 1.83. The number of nitrogens with zero attached hydrogens (tertiary/aromatic N) is 1. The van der Waals surface area contributed by atoms with Crippen LogP contribution in [0.1, 0.15) is 16.1 Å². The van der Waals surface area contributed by atoms with Crippen LogP contribution in [0.3, 0.4) is 0 Å². The molecule has 1 N–H and O–H groups in total. The summed E-state index contributed by atoms with van der Waals surface area (Å²) in [5.41, 5.74) is 0.592. The third-order valence-corrected chi connectivity index (χ3v) is 5.39. The number of aryl methyl sites for hydroxylation is 1. The Morgan fingerprint density at radius 1 is 1.04 bits per heavy atom. The molecule has 0 saturated carbocycles. The molecule has 3 aromatic rings. The first-order chi connectivity index (χ1) is 12.8. The summed E-state index contributed by atoms with van der Waals surface area (Å²) in [5, 5.41) is 13.0. The van der Waals surface area contributed by atoms with E-state index >= 15 is 0 Å². The van der Waals surface area contributed by atoms with E-state index in [0.717, 1.165) is 5.56 Å². The van der Waals surface area contributed by atoms with Crippen molar-refractivity contribution in [3.63, 3.8) is 0 Å². The standard InChI is InChI=1S/C18H14N2O6S/c1-12-6-8-13(9-7-12)27(24,25)17-11-10-16(26-17)18(21)19-14-4-2-3-5-15(14)20(22)23/h2-11H,1H3,(H,19,21). The Kier molecular flexibility index (Phi) is 4.78. The average molecular weight is 386 g/mol. The molecule has 0 aliphatic heterocycles. The van der Waals surface area contributed by atoms with Crippen molar-refractivity contribution in [2.24, 2.45) is 0 Å². The molecule has 0 spiro atoms. The summed E-state index contributed by atoms with van der Waals surface area (Å²) < 4.78 is 30.3. The molecule has 0 aliphatic rings. The van der Waals surface area contributed by atoms with E-state index < -0.39 is 20.7 Å². The van der Waals surface area contributed by atoms with Crippen LogP contribution in [0.4, 0.5) is 11.4 Å². The van der Waals surface area contributed by atoms with Crippen molar-refractivity contribution in [1.29, 1.82) is 0 Å². The number of nitro benzene ring substituents is 1. The molecular formula is C18H14N2O6S. The van der Waals surface area contributed by atoms with Crippen LogP contribution in [0.15, 0.2) is 75.1 Å². The van der Waals surface area contributed by atoms with Crippen molar-refractivity contribution in [3.8, 4) is 0 Å². The molecule has 0 atom stereocenters. The van der Waals surface area contributed by atoms with E-state index in [1.165, 1.54) is 48.5 Å². The Morgan fingerprint density at radius 3 is 2.37 bits per heavy atom. The molecule has 0 unspecified atom stereocenters. The third-order valence-electron chi connectivity index (χ3n) is 3.75. The van der Waals surface area contributed by atoms with Gasteiger partial charge in [0, 0.05) is 6.07 Å². The first kappa shape index (κ1) is 18.3. The van der Waals surface area contributed by atoms with Gasteiger partial charge in [-0.1, -0.05) is 29.8 Å². The second-order valence-electron chi connectivity index (χ2n) is 5.66. The SMILES string of the molecule is Cc1ccc(S(=O)(=O)c2ccc(C(=O)Nc3ccccc3[N+](=O)[O-])o2)cc1.